The van der Waals surface area contributed by atoms with E-state index in [-0.39, 0.29) is 24.3 Å². The Morgan fingerprint density at radius 3 is 2.95 bits per heavy atom. The Hall–Kier alpha value is -1.95. The highest BCUT2D eigenvalue weighted by atomic mass is 16.2. The largest absolute Gasteiger partial charge is 0.355 e. The molecule has 1 fully saturated rings. The molecule has 6 nitrogen and oxygen atoms in total. The Balaban J connectivity index is 2.05. The highest BCUT2D eigenvalue weighted by molar-refractivity contribution is 5.89. The topological polar surface area (TPSA) is 88.3 Å². The Morgan fingerprint density at radius 1 is 1.50 bits per heavy atom. The summed E-state index contributed by atoms with van der Waals surface area (Å²) in [7, 11) is 0. The van der Waals surface area contributed by atoms with Crippen LogP contribution in [0.1, 0.15) is 19.0 Å². The molecule has 0 spiro atoms. The predicted octanol–water partition coefficient (Wildman–Crippen LogP) is -0.312. The first kappa shape index (κ1) is 14.5. The lowest BCUT2D eigenvalue weighted by Gasteiger charge is -2.23. The monoisotopic (exact) mass is 276 g/mol. The van der Waals surface area contributed by atoms with Gasteiger partial charge in [-0.05, 0) is 25.5 Å². The van der Waals surface area contributed by atoms with Crippen molar-refractivity contribution in [2.24, 2.45) is 5.73 Å². The summed E-state index contributed by atoms with van der Waals surface area (Å²) in [5, 5.41) is 2.75. The van der Waals surface area contributed by atoms with Crippen molar-refractivity contribution in [2.75, 3.05) is 13.1 Å². The number of hydrogen-bond acceptors (Lipinski definition) is 4. The van der Waals surface area contributed by atoms with E-state index in [4.69, 9.17) is 5.73 Å². The number of carbonyl (C=O) groups excluding carboxylic acids is 2. The quantitative estimate of drug-likeness (QED) is 0.789. The molecule has 2 amide bonds. The van der Waals surface area contributed by atoms with Crippen molar-refractivity contribution in [3.05, 3.63) is 30.1 Å². The minimum atomic E-state index is -0.457. The van der Waals surface area contributed by atoms with Crippen LogP contribution in [0.4, 0.5) is 0 Å². The van der Waals surface area contributed by atoms with E-state index >= 15 is 0 Å². The zero-order chi connectivity index (χ0) is 14.5. The molecule has 3 N–H and O–H groups in total. The zero-order valence-electron chi connectivity index (χ0n) is 11.6. The third-order valence-corrected chi connectivity index (χ3v) is 3.37. The van der Waals surface area contributed by atoms with Gasteiger partial charge in [0.2, 0.25) is 11.8 Å². The van der Waals surface area contributed by atoms with Crippen molar-refractivity contribution in [2.45, 2.75) is 31.8 Å². The van der Waals surface area contributed by atoms with Gasteiger partial charge < -0.3 is 16.0 Å². The van der Waals surface area contributed by atoms with E-state index in [1.165, 1.54) is 0 Å². The number of amides is 2. The summed E-state index contributed by atoms with van der Waals surface area (Å²) < 4.78 is 0. The second kappa shape index (κ2) is 6.47. The highest BCUT2D eigenvalue weighted by Gasteiger charge is 2.37. The smallest absolute Gasteiger partial charge is 0.242 e. The molecule has 0 saturated carbocycles. The maximum absolute atomic E-state index is 12.3. The zero-order valence-corrected chi connectivity index (χ0v) is 11.6. The summed E-state index contributed by atoms with van der Waals surface area (Å²) in [4.78, 5) is 30.0. The molecular formula is C14H20N4O2. The molecule has 2 rings (SSSR count). The number of nitrogens with two attached hydrogens (primary N) is 1. The van der Waals surface area contributed by atoms with Crippen molar-refractivity contribution in [3.63, 3.8) is 0 Å². The second-order valence-corrected chi connectivity index (χ2v) is 4.95. The molecule has 1 saturated heterocycles. The van der Waals surface area contributed by atoms with E-state index in [2.05, 4.69) is 10.3 Å². The van der Waals surface area contributed by atoms with Gasteiger partial charge in [-0.2, -0.15) is 0 Å². The van der Waals surface area contributed by atoms with Crippen molar-refractivity contribution in [1.29, 1.82) is 0 Å². The maximum atomic E-state index is 12.3. The summed E-state index contributed by atoms with van der Waals surface area (Å²) in [5.41, 5.74) is 6.59. The fourth-order valence-corrected chi connectivity index (χ4v) is 2.44. The van der Waals surface area contributed by atoms with Crippen molar-refractivity contribution in [3.8, 4) is 0 Å². The normalized spacial score (nSPS) is 21.8. The van der Waals surface area contributed by atoms with Crippen LogP contribution in [0.25, 0.3) is 0 Å². The lowest BCUT2D eigenvalue weighted by molar-refractivity contribution is -0.137. The number of carbonyl (C=O) groups is 2. The van der Waals surface area contributed by atoms with Crippen molar-refractivity contribution < 1.29 is 9.59 Å². The molecule has 2 atom stereocenters. The van der Waals surface area contributed by atoms with Crippen LogP contribution in [-0.4, -0.2) is 46.9 Å². The van der Waals surface area contributed by atoms with Crippen LogP contribution in [0.15, 0.2) is 24.4 Å². The molecule has 6 heteroatoms. The molecule has 0 aliphatic carbocycles. The van der Waals surface area contributed by atoms with Gasteiger partial charge in [-0.25, -0.2) is 0 Å². The molecule has 2 heterocycles. The van der Waals surface area contributed by atoms with Crippen LogP contribution in [0, 0.1) is 0 Å². The van der Waals surface area contributed by atoms with E-state index in [1.807, 2.05) is 13.0 Å². The van der Waals surface area contributed by atoms with Crippen LogP contribution < -0.4 is 11.1 Å². The van der Waals surface area contributed by atoms with E-state index in [0.717, 1.165) is 0 Å². The third-order valence-electron chi connectivity index (χ3n) is 3.37. The molecule has 0 unspecified atom stereocenters. The summed E-state index contributed by atoms with van der Waals surface area (Å²) >= 11 is 0. The first-order valence-electron chi connectivity index (χ1n) is 6.84. The number of nitrogens with one attached hydrogen (secondary N) is 1. The second-order valence-electron chi connectivity index (χ2n) is 4.95. The number of aromatic nitrogens is 1. The van der Waals surface area contributed by atoms with Crippen molar-refractivity contribution >= 4 is 11.8 Å². The molecule has 108 valence electrons. The molecule has 1 aromatic heterocycles. The maximum Gasteiger partial charge on any atom is 0.242 e. The molecule has 1 aliphatic rings. The van der Waals surface area contributed by atoms with Crippen LogP contribution in [0.2, 0.25) is 0 Å². The summed E-state index contributed by atoms with van der Waals surface area (Å²) in [6.07, 6.45) is 2.36. The van der Waals surface area contributed by atoms with Gasteiger partial charge in [0.15, 0.2) is 0 Å². The minimum Gasteiger partial charge on any atom is -0.355 e. The fourth-order valence-electron chi connectivity index (χ4n) is 2.44. The molecular weight excluding hydrogens is 256 g/mol. The Morgan fingerprint density at radius 2 is 2.30 bits per heavy atom. The number of rotatable bonds is 4. The standard InChI is InChI=1S/C14H20N4O2/c1-2-16-14(20)12-7-10(15)9-18(12)13(19)8-11-5-3-4-6-17-11/h3-6,10,12H,2,7-9,15H2,1H3,(H,16,20)/t10-,12-/m0/s1. The number of nitrogens with zero attached hydrogens (tertiary/aromatic N) is 2. The van der Waals surface area contributed by atoms with Gasteiger partial charge in [0.25, 0.3) is 0 Å². The van der Waals surface area contributed by atoms with Gasteiger partial charge in [-0.3, -0.25) is 14.6 Å². The molecule has 0 radical (unpaired) electrons. The van der Waals surface area contributed by atoms with Gasteiger partial charge in [-0.1, -0.05) is 6.07 Å². The first-order valence-corrected chi connectivity index (χ1v) is 6.84. The van der Waals surface area contributed by atoms with E-state index in [1.54, 1.807) is 23.2 Å². The lowest BCUT2D eigenvalue weighted by Crippen LogP contribution is -2.46. The first-order chi connectivity index (χ1) is 9.61. The summed E-state index contributed by atoms with van der Waals surface area (Å²) in [5.74, 6) is -0.234. The van der Waals surface area contributed by atoms with E-state index in [9.17, 15) is 9.59 Å². The van der Waals surface area contributed by atoms with Crippen molar-refractivity contribution in [1.82, 2.24) is 15.2 Å². The summed E-state index contributed by atoms with van der Waals surface area (Å²) in [6, 6.07) is 4.84. The molecule has 20 heavy (non-hydrogen) atoms. The highest BCUT2D eigenvalue weighted by Crippen LogP contribution is 2.18. The SMILES string of the molecule is CCNC(=O)[C@@H]1C[C@H](N)CN1C(=O)Cc1ccccn1. The number of likely N-dealkylation sites (N-methyl/N-ethyl adjacent to an activating group) is 1. The van der Waals surface area contributed by atoms with E-state index in [0.29, 0.717) is 25.2 Å². The molecule has 1 aliphatic heterocycles. The van der Waals surface area contributed by atoms with E-state index < -0.39 is 6.04 Å². The van der Waals surface area contributed by atoms with Gasteiger partial charge >= 0.3 is 0 Å². The van der Waals surface area contributed by atoms with Gasteiger partial charge in [-0.15, -0.1) is 0 Å². The van der Waals surface area contributed by atoms with Crippen LogP contribution >= 0.6 is 0 Å². The number of likely N-dealkylation sites (tertiary alicyclic amines) is 1. The van der Waals surface area contributed by atoms with Gasteiger partial charge in [0.05, 0.1) is 6.42 Å². The molecule has 0 aromatic carbocycles. The average molecular weight is 276 g/mol. The predicted molar refractivity (Wildman–Crippen MR) is 74.7 cm³/mol. The Labute approximate surface area is 118 Å². The minimum absolute atomic E-state index is 0.104. The molecule has 1 aromatic rings. The fraction of sp³-hybridized carbons (Fsp3) is 0.500. The molecule has 0 bridgehead atoms. The van der Waals surface area contributed by atoms with Crippen LogP contribution in [0.5, 0.6) is 0 Å². The summed E-state index contributed by atoms with van der Waals surface area (Å²) in [6.45, 7) is 2.83. The Bertz CT molecular complexity index is 477. The van der Waals surface area contributed by atoms with Gasteiger partial charge in [0, 0.05) is 31.0 Å². The number of pyridine rings is 1. The third kappa shape index (κ3) is 3.33. The van der Waals surface area contributed by atoms with Crippen LogP contribution in [-0.2, 0) is 16.0 Å². The van der Waals surface area contributed by atoms with Gasteiger partial charge in [0.1, 0.15) is 6.04 Å². The average Bonchev–Trinajstić information content (AvgIpc) is 2.82. The Kier molecular flexibility index (Phi) is 4.68. The lowest BCUT2D eigenvalue weighted by atomic mass is 10.1. The van der Waals surface area contributed by atoms with Crippen LogP contribution in [0.3, 0.4) is 0 Å². The number of hydrogen-bond donors (Lipinski definition) is 2.